The van der Waals surface area contributed by atoms with Gasteiger partial charge in [-0.2, -0.15) is 0 Å². The first-order valence-electron chi connectivity index (χ1n) is 4.03. The molecule has 1 aromatic heterocycles. The summed E-state index contributed by atoms with van der Waals surface area (Å²) in [6.45, 7) is 4.00. The highest BCUT2D eigenvalue weighted by molar-refractivity contribution is 5.39. The van der Waals surface area contributed by atoms with E-state index in [4.69, 9.17) is 4.74 Å². The predicted molar refractivity (Wildman–Crippen MR) is 49.5 cm³/mol. The van der Waals surface area contributed by atoms with Crippen molar-refractivity contribution in [3.63, 3.8) is 0 Å². The zero-order valence-corrected chi connectivity index (χ0v) is 7.66. The summed E-state index contributed by atoms with van der Waals surface area (Å²) >= 11 is 0. The first-order valence-corrected chi connectivity index (χ1v) is 4.03. The third-order valence-electron chi connectivity index (χ3n) is 1.36. The number of nitrogens with zero attached hydrogens (tertiary/aromatic N) is 1. The minimum Gasteiger partial charge on any atom is -0.491 e. The van der Waals surface area contributed by atoms with Crippen molar-refractivity contribution in [2.75, 3.05) is 12.4 Å². The molecule has 1 rings (SSSR count). The molecule has 0 saturated carbocycles. The van der Waals surface area contributed by atoms with E-state index in [-0.39, 0.29) is 6.10 Å². The molecule has 1 N–H and O–H groups in total. The van der Waals surface area contributed by atoms with Crippen molar-refractivity contribution in [1.82, 2.24) is 4.98 Å². The number of pyridine rings is 1. The smallest absolute Gasteiger partial charge is 0.129 e. The number of aromatic nitrogens is 1. The van der Waals surface area contributed by atoms with Gasteiger partial charge in [0, 0.05) is 19.3 Å². The summed E-state index contributed by atoms with van der Waals surface area (Å²) in [5, 5.41) is 2.95. The summed E-state index contributed by atoms with van der Waals surface area (Å²) in [6, 6.07) is 3.72. The normalized spacial score (nSPS) is 10.0. The molecule has 0 amide bonds. The van der Waals surface area contributed by atoms with Crippen LogP contribution in [0.15, 0.2) is 18.3 Å². The zero-order chi connectivity index (χ0) is 8.97. The molecule has 0 bridgehead atoms. The first-order chi connectivity index (χ1) is 5.72. The number of hydrogen-bond acceptors (Lipinski definition) is 3. The molecule has 0 unspecified atom stereocenters. The number of nitrogens with one attached hydrogen (secondary N) is 1. The van der Waals surface area contributed by atoms with Gasteiger partial charge in [0.05, 0.1) is 6.10 Å². The van der Waals surface area contributed by atoms with E-state index in [2.05, 4.69) is 10.3 Å². The van der Waals surface area contributed by atoms with Crippen molar-refractivity contribution < 1.29 is 4.74 Å². The highest BCUT2D eigenvalue weighted by Crippen LogP contribution is 2.14. The van der Waals surface area contributed by atoms with Gasteiger partial charge in [-0.05, 0) is 19.9 Å². The van der Waals surface area contributed by atoms with E-state index >= 15 is 0 Å². The zero-order valence-electron chi connectivity index (χ0n) is 7.66. The van der Waals surface area contributed by atoms with Gasteiger partial charge in [0.15, 0.2) is 0 Å². The molecule has 0 aliphatic rings. The lowest BCUT2D eigenvalue weighted by Crippen LogP contribution is -2.05. The molecule has 3 heteroatoms. The van der Waals surface area contributed by atoms with Crippen LogP contribution in [-0.2, 0) is 0 Å². The molecular formula is C9H14N2O. The lowest BCUT2D eigenvalue weighted by molar-refractivity contribution is 0.242. The Balaban J connectivity index is 2.72. The van der Waals surface area contributed by atoms with Crippen molar-refractivity contribution >= 4 is 5.82 Å². The van der Waals surface area contributed by atoms with Crippen molar-refractivity contribution in [1.29, 1.82) is 0 Å². The second-order valence-corrected chi connectivity index (χ2v) is 2.79. The predicted octanol–water partition coefficient (Wildman–Crippen LogP) is 1.91. The average molecular weight is 166 g/mol. The fraction of sp³-hybridized carbons (Fsp3) is 0.444. The SMILES string of the molecule is CNc1cc(OC(C)C)ccn1. The summed E-state index contributed by atoms with van der Waals surface area (Å²) in [5.41, 5.74) is 0. The molecule has 0 aliphatic carbocycles. The van der Waals surface area contributed by atoms with Gasteiger partial charge in [-0.25, -0.2) is 4.98 Å². The van der Waals surface area contributed by atoms with E-state index in [1.165, 1.54) is 0 Å². The van der Waals surface area contributed by atoms with Gasteiger partial charge in [0.2, 0.25) is 0 Å². The van der Waals surface area contributed by atoms with Gasteiger partial charge in [-0.1, -0.05) is 0 Å². The minimum absolute atomic E-state index is 0.206. The second kappa shape index (κ2) is 3.95. The fourth-order valence-electron chi connectivity index (χ4n) is 0.893. The van der Waals surface area contributed by atoms with E-state index in [0.717, 1.165) is 11.6 Å². The summed E-state index contributed by atoms with van der Waals surface area (Å²) in [4.78, 5) is 4.07. The second-order valence-electron chi connectivity index (χ2n) is 2.79. The Bertz CT molecular complexity index is 248. The third kappa shape index (κ3) is 2.42. The van der Waals surface area contributed by atoms with Crippen LogP contribution in [0, 0.1) is 0 Å². The van der Waals surface area contributed by atoms with E-state index < -0.39 is 0 Å². The largest absolute Gasteiger partial charge is 0.491 e. The lowest BCUT2D eigenvalue weighted by atomic mass is 10.4. The Labute approximate surface area is 72.8 Å². The molecule has 0 fully saturated rings. The van der Waals surface area contributed by atoms with Gasteiger partial charge >= 0.3 is 0 Å². The van der Waals surface area contributed by atoms with Gasteiger partial charge in [-0.3, -0.25) is 0 Å². The molecule has 0 aromatic carbocycles. The molecule has 0 saturated heterocycles. The summed E-state index contributed by atoms with van der Waals surface area (Å²) < 4.78 is 5.48. The standard InChI is InChI=1S/C9H14N2O/c1-7(2)12-8-4-5-11-9(6-8)10-3/h4-7H,1-3H3,(H,10,11). The molecule has 1 heterocycles. The van der Waals surface area contributed by atoms with Crippen LogP contribution in [0.25, 0.3) is 0 Å². The van der Waals surface area contributed by atoms with Crippen LogP contribution >= 0.6 is 0 Å². The Morgan fingerprint density at radius 2 is 2.25 bits per heavy atom. The Hall–Kier alpha value is -1.25. The molecule has 0 aliphatic heterocycles. The Morgan fingerprint density at radius 1 is 1.50 bits per heavy atom. The quantitative estimate of drug-likeness (QED) is 0.744. The molecule has 0 atom stereocenters. The number of hydrogen-bond donors (Lipinski definition) is 1. The lowest BCUT2D eigenvalue weighted by Gasteiger charge is -2.09. The Kier molecular flexibility index (Phi) is 2.91. The van der Waals surface area contributed by atoms with Crippen molar-refractivity contribution in [2.24, 2.45) is 0 Å². The van der Waals surface area contributed by atoms with Gasteiger partial charge in [-0.15, -0.1) is 0 Å². The topological polar surface area (TPSA) is 34.1 Å². The monoisotopic (exact) mass is 166 g/mol. The summed E-state index contributed by atoms with van der Waals surface area (Å²) in [7, 11) is 1.83. The maximum absolute atomic E-state index is 5.48. The van der Waals surface area contributed by atoms with Crippen molar-refractivity contribution in [2.45, 2.75) is 20.0 Å². The number of rotatable bonds is 3. The van der Waals surface area contributed by atoms with Gasteiger partial charge in [0.25, 0.3) is 0 Å². The highest BCUT2D eigenvalue weighted by atomic mass is 16.5. The van der Waals surface area contributed by atoms with Crippen LogP contribution < -0.4 is 10.1 Å². The van der Waals surface area contributed by atoms with Crippen LogP contribution in [0.1, 0.15) is 13.8 Å². The first kappa shape index (κ1) is 8.84. The highest BCUT2D eigenvalue weighted by Gasteiger charge is 1.97. The number of anilines is 1. The van der Waals surface area contributed by atoms with Crippen molar-refractivity contribution in [3.05, 3.63) is 18.3 Å². The third-order valence-corrected chi connectivity index (χ3v) is 1.36. The van der Waals surface area contributed by atoms with Crippen LogP contribution in [0.3, 0.4) is 0 Å². The Morgan fingerprint density at radius 3 is 2.83 bits per heavy atom. The average Bonchev–Trinajstić information content (AvgIpc) is 2.03. The summed E-state index contributed by atoms with van der Waals surface area (Å²) in [6.07, 6.45) is 1.93. The fourth-order valence-corrected chi connectivity index (χ4v) is 0.893. The van der Waals surface area contributed by atoms with E-state index in [1.807, 2.05) is 33.0 Å². The molecule has 12 heavy (non-hydrogen) atoms. The molecule has 1 aromatic rings. The van der Waals surface area contributed by atoms with E-state index in [0.29, 0.717) is 0 Å². The van der Waals surface area contributed by atoms with Gasteiger partial charge in [0.1, 0.15) is 11.6 Å². The van der Waals surface area contributed by atoms with Crippen molar-refractivity contribution in [3.8, 4) is 5.75 Å². The number of ether oxygens (including phenoxy) is 1. The molecule has 0 spiro atoms. The van der Waals surface area contributed by atoms with E-state index in [1.54, 1.807) is 6.20 Å². The maximum atomic E-state index is 5.48. The molecule has 0 radical (unpaired) electrons. The minimum atomic E-state index is 0.206. The van der Waals surface area contributed by atoms with Crippen LogP contribution in [0.2, 0.25) is 0 Å². The maximum Gasteiger partial charge on any atom is 0.129 e. The van der Waals surface area contributed by atoms with Crippen LogP contribution in [0.4, 0.5) is 5.82 Å². The van der Waals surface area contributed by atoms with Gasteiger partial charge < -0.3 is 10.1 Å². The van der Waals surface area contributed by atoms with E-state index in [9.17, 15) is 0 Å². The van der Waals surface area contributed by atoms with Crippen LogP contribution in [-0.4, -0.2) is 18.1 Å². The molecular weight excluding hydrogens is 152 g/mol. The molecule has 66 valence electrons. The molecule has 3 nitrogen and oxygen atoms in total. The van der Waals surface area contributed by atoms with Crippen LogP contribution in [0.5, 0.6) is 5.75 Å². The summed E-state index contributed by atoms with van der Waals surface area (Å²) in [5.74, 6) is 1.68.